The van der Waals surface area contributed by atoms with Crippen molar-refractivity contribution < 1.29 is 9.53 Å². The maximum atomic E-state index is 11.7. The number of nitrogens with zero attached hydrogens (tertiary/aromatic N) is 1. The van der Waals surface area contributed by atoms with Crippen molar-refractivity contribution in [3.8, 4) is 0 Å². The van der Waals surface area contributed by atoms with Gasteiger partial charge in [-0.2, -0.15) is 0 Å². The average Bonchev–Trinajstić information content (AvgIpc) is 2.78. The van der Waals surface area contributed by atoms with Crippen molar-refractivity contribution in [2.24, 2.45) is 0 Å². The summed E-state index contributed by atoms with van der Waals surface area (Å²) >= 11 is 1.62. The van der Waals surface area contributed by atoms with Gasteiger partial charge in [0.15, 0.2) is 0 Å². The van der Waals surface area contributed by atoms with E-state index < -0.39 is 0 Å². The number of urea groups is 1. The number of nitrogens with one attached hydrogen (secondary N) is 2. The third-order valence-corrected chi connectivity index (χ3v) is 3.64. The van der Waals surface area contributed by atoms with Crippen LogP contribution in [-0.2, 0) is 4.74 Å². The molecule has 2 N–H and O–H groups in total. The van der Waals surface area contributed by atoms with E-state index in [1.807, 2.05) is 32.0 Å². The van der Waals surface area contributed by atoms with Crippen molar-refractivity contribution in [2.45, 2.75) is 20.3 Å². The zero-order valence-corrected chi connectivity index (χ0v) is 12.5. The number of carbonyl (C=O) groups excluding carboxylic acids is 1. The Morgan fingerprint density at radius 1 is 1.45 bits per heavy atom. The molecule has 0 spiro atoms. The summed E-state index contributed by atoms with van der Waals surface area (Å²) in [6.45, 7) is 5.91. The zero-order valence-electron chi connectivity index (χ0n) is 11.7. The lowest BCUT2D eigenvalue weighted by molar-refractivity contribution is 0.145. The second kappa shape index (κ2) is 7.21. The molecule has 2 amide bonds. The van der Waals surface area contributed by atoms with Crippen molar-refractivity contribution in [2.75, 3.05) is 25.1 Å². The summed E-state index contributed by atoms with van der Waals surface area (Å²) in [6.07, 6.45) is 0.814. The maximum absolute atomic E-state index is 11.7. The number of carbonyl (C=O) groups is 1. The molecule has 0 atom stereocenters. The minimum Gasteiger partial charge on any atom is -0.382 e. The van der Waals surface area contributed by atoms with Gasteiger partial charge in [0.25, 0.3) is 0 Å². The first kappa shape index (κ1) is 14.7. The van der Waals surface area contributed by atoms with Crippen molar-refractivity contribution in [3.05, 3.63) is 23.2 Å². The van der Waals surface area contributed by atoms with E-state index in [9.17, 15) is 4.79 Å². The number of thiazole rings is 1. The lowest BCUT2D eigenvalue weighted by atomic mass is 10.3. The number of fused-ring (bicyclic) bond motifs is 1. The molecule has 2 rings (SSSR count). The molecule has 0 unspecified atom stereocenters. The van der Waals surface area contributed by atoms with Gasteiger partial charge >= 0.3 is 6.03 Å². The van der Waals surface area contributed by atoms with E-state index in [1.54, 1.807) is 11.3 Å². The summed E-state index contributed by atoms with van der Waals surface area (Å²) in [6, 6.07) is 5.53. The van der Waals surface area contributed by atoms with E-state index in [4.69, 9.17) is 4.74 Å². The molecule has 0 radical (unpaired) electrons. The maximum Gasteiger partial charge on any atom is 0.319 e. The molecule has 0 aliphatic carbocycles. The van der Waals surface area contributed by atoms with Crippen LogP contribution in [0.1, 0.15) is 18.4 Å². The van der Waals surface area contributed by atoms with Gasteiger partial charge in [-0.05, 0) is 38.5 Å². The van der Waals surface area contributed by atoms with Gasteiger partial charge in [0.1, 0.15) is 0 Å². The molecule has 1 heterocycles. The molecule has 0 saturated heterocycles. The second-order valence-corrected chi connectivity index (χ2v) is 5.58. The van der Waals surface area contributed by atoms with E-state index in [2.05, 4.69) is 15.6 Å². The minimum atomic E-state index is -0.193. The van der Waals surface area contributed by atoms with Gasteiger partial charge in [-0.1, -0.05) is 0 Å². The van der Waals surface area contributed by atoms with Crippen molar-refractivity contribution in [3.63, 3.8) is 0 Å². The Morgan fingerprint density at radius 3 is 3.10 bits per heavy atom. The zero-order chi connectivity index (χ0) is 14.4. The number of amides is 2. The lowest BCUT2D eigenvalue weighted by Gasteiger charge is -2.07. The summed E-state index contributed by atoms with van der Waals surface area (Å²) in [5.41, 5.74) is 1.75. The third kappa shape index (κ3) is 4.18. The van der Waals surface area contributed by atoms with E-state index in [0.717, 1.165) is 27.3 Å². The molecule has 0 bridgehead atoms. The van der Waals surface area contributed by atoms with E-state index in [-0.39, 0.29) is 6.03 Å². The molecule has 1 aromatic carbocycles. The molecule has 0 aliphatic rings. The summed E-state index contributed by atoms with van der Waals surface area (Å²) in [7, 11) is 0. The van der Waals surface area contributed by atoms with Gasteiger partial charge in [-0.25, -0.2) is 9.78 Å². The van der Waals surface area contributed by atoms with Gasteiger partial charge in [0.2, 0.25) is 0 Å². The van der Waals surface area contributed by atoms with Crippen LogP contribution < -0.4 is 10.6 Å². The number of aromatic nitrogens is 1. The Balaban J connectivity index is 1.83. The van der Waals surface area contributed by atoms with Gasteiger partial charge in [-0.3, -0.25) is 0 Å². The normalized spacial score (nSPS) is 10.7. The number of rotatable bonds is 6. The fraction of sp³-hybridized carbons (Fsp3) is 0.429. The predicted molar refractivity (Wildman–Crippen MR) is 82.5 cm³/mol. The molecule has 20 heavy (non-hydrogen) atoms. The van der Waals surface area contributed by atoms with Gasteiger partial charge < -0.3 is 15.4 Å². The fourth-order valence-electron chi connectivity index (χ4n) is 1.81. The standard InChI is InChI=1S/C14H19N3O2S/c1-3-19-8-4-7-15-14(18)17-11-5-6-12-13(9-11)20-10(2)16-12/h5-6,9H,3-4,7-8H2,1-2H3,(H2,15,17,18). The summed E-state index contributed by atoms with van der Waals surface area (Å²) in [4.78, 5) is 16.1. The van der Waals surface area contributed by atoms with E-state index in [1.165, 1.54) is 0 Å². The monoisotopic (exact) mass is 293 g/mol. The second-order valence-electron chi connectivity index (χ2n) is 4.35. The Labute approximate surface area is 122 Å². The van der Waals surface area contributed by atoms with Crippen LogP contribution in [0.2, 0.25) is 0 Å². The molecule has 108 valence electrons. The topological polar surface area (TPSA) is 63.2 Å². The van der Waals surface area contributed by atoms with Crippen molar-refractivity contribution >= 4 is 33.3 Å². The molecule has 0 fully saturated rings. The highest BCUT2D eigenvalue weighted by Gasteiger charge is 2.04. The Bertz CT molecular complexity index is 583. The average molecular weight is 293 g/mol. The first-order valence-corrected chi connectivity index (χ1v) is 7.50. The number of hydrogen-bond donors (Lipinski definition) is 2. The largest absolute Gasteiger partial charge is 0.382 e. The Kier molecular flexibility index (Phi) is 5.31. The lowest BCUT2D eigenvalue weighted by Crippen LogP contribution is -2.30. The molecular formula is C14H19N3O2S. The Hall–Kier alpha value is -1.66. The van der Waals surface area contributed by atoms with Gasteiger partial charge in [0, 0.05) is 25.4 Å². The van der Waals surface area contributed by atoms with Crippen LogP contribution in [-0.4, -0.2) is 30.8 Å². The van der Waals surface area contributed by atoms with Crippen LogP contribution in [0, 0.1) is 6.92 Å². The first-order chi connectivity index (χ1) is 9.69. The SMILES string of the molecule is CCOCCCNC(=O)Nc1ccc2nc(C)sc2c1. The van der Waals surface area contributed by atoms with Gasteiger partial charge in [-0.15, -0.1) is 11.3 Å². The van der Waals surface area contributed by atoms with Crippen LogP contribution in [0.5, 0.6) is 0 Å². The highest BCUT2D eigenvalue weighted by molar-refractivity contribution is 7.18. The number of aryl methyl sites for hydroxylation is 1. The minimum absolute atomic E-state index is 0.193. The van der Waals surface area contributed by atoms with Crippen LogP contribution in [0.4, 0.5) is 10.5 Å². The summed E-state index contributed by atoms with van der Waals surface area (Å²) in [5, 5.41) is 6.65. The smallest absolute Gasteiger partial charge is 0.319 e. The predicted octanol–water partition coefficient (Wildman–Crippen LogP) is 3.15. The quantitative estimate of drug-likeness (QED) is 0.804. The molecule has 6 heteroatoms. The fourth-order valence-corrected chi connectivity index (χ4v) is 2.68. The van der Waals surface area contributed by atoms with E-state index in [0.29, 0.717) is 19.8 Å². The number of ether oxygens (including phenoxy) is 1. The number of hydrogen-bond acceptors (Lipinski definition) is 4. The molecule has 2 aromatic rings. The third-order valence-electron chi connectivity index (χ3n) is 2.71. The molecule has 5 nitrogen and oxygen atoms in total. The van der Waals surface area contributed by atoms with Crippen molar-refractivity contribution in [1.82, 2.24) is 10.3 Å². The highest BCUT2D eigenvalue weighted by Crippen LogP contribution is 2.24. The van der Waals surface area contributed by atoms with Crippen LogP contribution in [0.25, 0.3) is 10.2 Å². The van der Waals surface area contributed by atoms with Crippen LogP contribution >= 0.6 is 11.3 Å². The van der Waals surface area contributed by atoms with Gasteiger partial charge in [0.05, 0.1) is 15.2 Å². The molecular weight excluding hydrogens is 274 g/mol. The van der Waals surface area contributed by atoms with Crippen LogP contribution in [0.3, 0.4) is 0 Å². The van der Waals surface area contributed by atoms with Crippen molar-refractivity contribution in [1.29, 1.82) is 0 Å². The number of benzene rings is 1. The Morgan fingerprint density at radius 2 is 2.30 bits per heavy atom. The van der Waals surface area contributed by atoms with Crippen LogP contribution in [0.15, 0.2) is 18.2 Å². The first-order valence-electron chi connectivity index (χ1n) is 6.69. The summed E-state index contributed by atoms with van der Waals surface area (Å²) < 4.78 is 6.29. The molecule has 1 aromatic heterocycles. The summed E-state index contributed by atoms with van der Waals surface area (Å²) in [5.74, 6) is 0. The molecule has 0 saturated carbocycles. The number of anilines is 1. The van der Waals surface area contributed by atoms with E-state index >= 15 is 0 Å². The molecule has 0 aliphatic heterocycles. The highest BCUT2D eigenvalue weighted by atomic mass is 32.1.